The number of hydrogen-bond donors (Lipinski definition) is 1. The molecule has 1 N–H and O–H groups in total. The Bertz CT molecular complexity index is 277. The predicted molar refractivity (Wildman–Crippen MR) is 63.4 cm³/mol. The first-order valence-electron chi connectivity index (χ1n) is 5.04. The van der Waals surface area contributed by atoms with Crippen LogP contribution >= 0.6 is 22.9 Å². The molecule has 1 heterocycles. The maximum absolute atomic E-state index is 11.3. The average Bonchev–Trinajstić information content (AvgIpc) is 2.71. The van der Waals surface area contributed by atoms with E-state index in [2.05, 4.69) is 10.3 Å². The van der Waals surface area contributed by atoms with Gasteiger partial charge in [-0.15, -0.1) is 22.9 Å². The smallest absolute Gasteiger partial charge is 0.220 e. The fraction of sp³-hybridized carbons (Fsp3) is 0.600. The Balaban J connectivity index is 2.02. The van der Waals surface area contributed by atoms with Crippen molar-refractivity contribution >= 4 is 28.8 Å². The van der Waals surface area contributed by atoms with Crippen LogP contribution in [0.5, 0.6) is 0 Å². The van der Waals surface area contributed by atoms with Crippen LogP contribution in [-0.2, 0) is 11.2 Å². The first-order chi connectivity index (χ1) is 7.33. The molecular weight excluding hydrogens is 232 g/mol. The Labute approximate surface area is 98.9 Å². The first kappa shape index (κ1) is 12.5. The van der Waals surface area contributed by atoms with Gasteiger partial charge in [0.1, 0.15) is 0 Å². The molecule has 0 aliphatic heterocycles. The number of halogens is 1. The summed E-state index contributed by atoms with van der Waals surface area (Å²) in [4.78, 5) is 15.4. The van der Waals surface area contributed by atoms with Gasteiger partial charge in [-0.05, 0) is 12.8 Å². The van der Waals surface area contributed by atoms with Crippen molar-refractivity contribution in [1.29, 1.82) is 0 Å². The van der Waals surface area contributed by atoms with E-state index in [4.69, 9.17) is 11.6 Å². The third-order valence-electron chi connectivity index (χ3n) is 1.93. The van der Waals surface area contributed by atoms with Gasteiger partial charge >= 0.3 is 0 Å². The SMILES string of the molecule is O=C(CCCCCl)NCCc1nccs1. The molecule has 3 nitrogen and oxygen atoms in total. The van der Waals surface area contributed by atoms with Gasteiger partial charge in [-0.25, -0.2) is 4.98 Å². The molecule has 0 aliphatic rings. The Morgan fingerprint density at radius 3 is 3.07 bits per heavy atom. The minimum atomic E-state index is 0.108. The van der Waals surface area contributed by atoms with Gasteiger partial charge in [-0.3, -0.25) is 4.79 Å². The molecule has 1 aromatic heterocycles. The van der Waals surface area contributed by atoms with E-state index in [9.17, 15) is 4.79 Å². The molecule has 0 saturated carbocycles. The molecule has 15 heavy (non-hydrogen) atoms. The lowest BCUT2D eigenvalue weighted by atomic mass is 10.2. The maximum Gasteiger partial charge on any atom is 0.220 e. The Kier molecular flexibility index (Phi) is 6.36. The number of alkyl halides is 1. The number of nitrogens with zero attached hydrogens (tertiary/aromatic N) is 1. The zero-order valence-electron chi connectivity index (χ0n) is 8.54. The third kappa shape index (κ3) is 5.74. The normalized spacial score (nSPS) is 10.2. The molecule has 0 aromatic carbocycles. The Morgan fingerprint density at radius 1 is 1.53 bits per heavy atom. The van der Waals surface area contributed by atoms with Gasteiger partial charge in [-0.1, -0.05) is 0 Å². The lowest BCUT2D eigenvalue weighted by molar-refractivity contribution is -0.121. The van der Waals surface area contributed by atoms with Crippen LogP contribution in [-0.4, -0.2) is 23.3 Å². The maximum atomic E-state index is 11.3. The second-order valence-electron chi connectivity index (χ2n) is 3.17. The molecule has 0 fully saturated rings. The van der Waals surface area contributed by atoms with Crippen molar-refractivity contribution in [3.8, 4) is 0 Å². The van der Waals surface area contributed by atoms with Crippen molar-refractivity contribution in [2.24, 2.45) is 0 Å². The molecule has 84 valence electrons. The molecule has 5 heteroatoms. The van der Waals surface area contributed by atoms with Gasteiger partial charge in [0.25, 0.3) is 0 Å². The minimum Gasteiger partial charge on any atom is -0.356 e. The molecule has 0 unspecified atom stereocenters. The van der Waals surface area contributed by atoms with Gasteiger partial charge in [0.2, 0.25) is 5.91 Å². The zero-order valence-corrected chi connectivity index (χ0v) is 10.1. The highest BCUT2D eigenvalue weighted by atomic mass is 35.5. The van der Waals surface area contributed by atoms with Gasteiger partial charge in [0.05, 0.1) is 5.01 Å². The monoisotopic (exact) mass is 246 g/mol. The molecule has 1 rings (SSSR count). The quantitative estimate of drug-likeness (QED) is 0.592. The predicted octanol–water partition coefficient (Wildman–Crippen LogP) is 2.21. The van der Waals surface area contributed by atoms with Crippen molar-refractivity contribution in [2.45, 2.75) is 25.7 Å². The van der Waals surface area contributed by atoms with Gasteiger partial charge < -0.3 is 5.32 Å². The highest BCUT2D eigenvalue weighted by Crippen LogP contribution is 2.03. The number of carbonyl (C=O) groups excluding carboxylic acids is 1. The topological polar surface area (TPSA) is 42.0 Å². The van der Waals surface area contributed by atoms with E-state index in [0.29, 0.717) is 18.8 Å². The van der Waals surface area contributed by atoms with E-state index in [1.54, 1.807) is 17.5 Å². The van der Waals surface area contributed by atoms with Crippen LogP contribution in [0.2, 0.25) is 0 Å². The van der Waals surface area contributed by atoms with Crippen molar-refractivity contribution < 1.29 is 4.79 Å². The summed E-state index contributed by atoms with van der Waals surface area (Å²) in [6.45, 7) is 0.674. The molecule has 0 radical (unpaired) electrons. The fourth-order valence-electron chi connectivity index (χ4n) is 1.15. The van der Waals surface area contributed by atoms with Gasteiger partial charge in [0, 0.05) is 36.8 Å². The van der Waals surface area contributed by atoms with E-state index in [1.807, 2.05) is 5.38 Å². The standard InChI is InChI=1S/C10H15ClN2OS/c11-5-2-1-3-9(14)12-6-4-10-13-7-8-15-10/h7-8H,1-6H2,(H,12,14). The average molecular weight is 247 g/mol. The highest BCUT2D eigenvalue weighted by molar-refractivity contribution is 7.09. The number of rotatable bonds is 7. The van der Waals surface area contributed by atoms with E-state index < -0.39 is 0 Å². The van der Waals surface area contributed by atoms with Crippen LogP contribution in [0.1, 0.15) is 24.3 Å². The number of thiazole rings is 1. The summed E-state index contributed by atoms with van der Waals surface area (Å²) in [5.74, 6) is 0.739. The van der Waals surface area contributed by atoms with Crippen molar-refractivity contribution in [3.63, 3.8) is 0 Å². The Hall–Kier alpha value is -0.610. The van der Waals surface area contributed by atoms with E-state index in [1.165, 1.54) is 0 Å². The van der Waals surface area contributed by atoms with Crippen LogP contribution in [0.25, 0.3) is 0 Å². The van der Waals surface area contributed by atoms with Gasteiger partial charge in [-0.2, -0.15) is 0 Å². The van der Waals surface area contributed by atoms with Crippen molar-refractivity contribution in [3.05, 3.63) is 16.6 Å². The minimum absolute atomic E-state index is 0.108. The number of amides is 1. The van der Waals surface area contributed by atoms with E-state index >= 15 is 0 Å². The van der Waals surface area contributed by atoms with Crippen molar-refractivity contribution in [2.75, 3.05) is 12.4 Å². The number of aromatic nitrogens is 1. The summed E-state index contributed by atoms with van der Waals surface area (Å²) in [5.41, 5.74) is 0. The van der Waals surface area contributed by atoms with Crippen LogP contribution in [0, 0.1) is 0 Å². The fourth-order valence-corrected chi connectivity index (χ4v) is 1.96. The number of hydrogen-bond acceptors (Lipinski definition) is 3. The summed E-state index contributed by atoms with van der Waals surface area (Å²) in [5, 5.41) is 5.87. The van der Waals surface area contributed by atoms with Gasteiger partial charge in [0.15, 0.2) is 0 Å². The molecular formula is C10H15ClN2OS. The highest BCUT2D eigenvalue weighted by Gasteiger charge is 2.01. The summed E-state index contributed by atoms with van der Waals surface area (Å²) < 4.78 is 0. The summed E-state index contributed by atoms with van der Waals surface area (Å²) in [6, 6.07) is 0. The molecule has 0 aliphatic carbocycles. The van der Waals surface area contributed by atoms with Crippen LogP contribution in [0.3, 0.4) is 0 Å². The summed E-state index contributed by atoms with van der Waals surface area (Å²) in [7, 11) is 0. The molecule has 1 aromatic rings. The number of nitrogens with one attached hydrogen (secondary N) is 1. The lowest BCUT2D eigenvalue weighted by Gasteiger charge is -2.02. The third-order valence-corrected chi connectivity index (χ3v) is 3.04. The van der Waals surface area contributed by atoms with Crippen LogP contribution in [0.4, 0.5) is 0 Å². The second kappa shape index (κ2) is 7.65. The second-order valence-corrected chi connectivity index (χ2v) is 4.53. The van der Waals surface area contributed by atoms with E-state index in [-0.39, 0.29) is 5.91 Å². The Morgan fingerprint density at radius 2 is 2.40 bits per heavy atom. The van der Waals surface area contributed by atoms with Crippen molar-refractivity contribution in [1.82, 2.24) is 10.3 Å². The molecule has 0 bridgehead atoms. The number of carbonyl (C=O) groups is 1. The van der Waals surface area contributed by atoms with Crippen LogP contribution < -0.4 is 5.32 Å². The molecule has 0 spiro atoms. The molecule has 0 atom stereocenters. The lowest BCUT2D eigenvalue weighted by Crippen LogP contribution is -2.25. The summed E-state index contributed by atoms with van der Waals surface area (Å²) >= 11 is 7.13. The van der Waals surface area contributed by atoms with E-state index in [0.717, 1.165) is 24.3 Å². The molecule has 1 amide bonds. The molecule has 0 saturated heterocycles. The summed E-state index contributed by atoms with van der Waals surface area (Å²) in [6.07, 6.45) is 4.94. The first-order valence-corrected chi connectivity index (χ1v) is 6.45. The number of unbranched alkanes of at least 4 members (excludes halogenated alkanes) is 1. The zero-order chi connectivity index (χ0) is 10.9. The van der Waals surface area contributed by atoms with Crippen LogP contribution in [0.15, 0.2) is 11.6 Å². The largest absolute Gasteiger partial charge is 0.356 e.